The van der Waals surface area contributed by atoms with Gasteiger partial charge >= 0.3 is 0 Å². The maximum atomic E-state index is 13.2. The third-order valence-electron chi connectivity index (χ3n) is 6.18. The van der Waals surface area contributed by atoms with E-state index in [9.17, 15) is 18.0 Å². The molecule has 9 nitrogen and oxygen atoms in total. The number of hydrogen-bond acceptors (Lipinski definition) is 6. The number of nitrogens with zero attached hydrogens (tertiary/aromatic N) is 2. The minimum atomic E-state index is -3.65. The first-order valence-electron chi connectivity index (χ1n) is 11.3. The van der Waals surface area contributed by atoms with E-state index >= 15 is 0 Å². The van der Waals surface area contributed by atoms with Gasteiger partial charge in [0.25, 0.3) is 0 Å². The smallest absolute Gasteiger partial charge is 0.243 e. The van der Waals surface area contributed by atoms with Gasteiger partial charge in [-0.05, 0) is 50.4 Å². The molecule has 1 unspecified atom stereocenters. The highest BCUT2D eigenvalue weighted by atomic mass is 32.2. The van der Waals surface area contributed by atoms with Crippen molar-refractivity contribution in [1.29, 1.82) is 0 Å². The summed E-state index contributed by atoms with van der Waals surface area (Å²) in [7, 11) is -2.18. The highest BCUT2D eigenvalue weighted by Crippen LogP contribution is 2.30. The van der Waals surface area contributed by atoms with E-state index in [0.29, 0.717) is 31.1 Å². The van der Waals surface area contributed by atoms with Crippen molar-refractivity contribution in [3.63, 3.8) is 0 Å². The van der Waals surface area contributed by atoms with Crippen molar-refractivity contribution in [2.75, 3.05) is 38.6 Å². The molecule has 2 aliphatic rings. The second-order valence-electron chi connectivity index (χ2n) is 8.52. The Hall–Kier alpha value is -2.17. The van der Waals surface area contributed by atoms with E-state index in [1.54, 1.807) is 6.07 Å². The number of anilines is 1. The van der Waals surface area contributed by atoms with Crippen LogP contribution >= 0.6 is 0 Å². The fourth-order valence-electron chi connectivity index (χ4n) is 4.48. The zero-order chi connectivity index (χ0) is 23.1. The molecule has 2 heterocycles. The van der Waals surface area contributed by atoms with Crippen molar-refractivity contribution < 1.29 is 22.7 Å². The Morgan fingerprint density at radius 3 is 2.44 bits per heavy atom. The number of hydrogen-bond donors (Lipinski definition) is 2. The third kappa shape index (κ3) is 6.20. The summed E-state index contributed by atoms with van der Waals surface area (Å²) >= 11 is 0. The molecule has 2 aliphatic heterocycles. The minimum Gasteiger partial charge on any atom is -0.495 e. The van der Waals surface area contributed by atoms with E-state index < -0.39 is 10.0 Å². The first-order valence-corrected chi connectivity index (χ1v) is 12.8. The highest BCUT2D eigenvalue weighted by Gasteiger charge is 2.28. The Morgan fingerprint density at radius 1 is 1.09 bits per heavy atom. The lowest BCUT2D eigenvalue weighted by Gasteiger charge is -2.34. The van der Waals surface area contributed by atoms with Crippen LogP contribution in [0.2, 0.25) is 0 Å². The normalized spacial score (nSPS) is 21.0. The van der Waals surface area contributed by atoms with Crippen molar-refractivity contribution in [2.45, 2.75) is 62.3 Å². The summed E-state index contributed by atoms with van der Waals surface area (Å²) in [5.41, 5.74) is 5.68. The third-order valence-corrected chi connectivity index (χ3v) is 8.08. The lowest BCUT2D eigenvalue weighted by molar-refractivity contribution is -0.122. The highest BCUT2D eigenvalue weighted by molar-refractivity contribution is 7.89. The largest absolute Gasteiger partial charge is 0.495 e. The summed E-state index contributed by atoms with van der Waals surface area (Å²) in [5, 5.41) is 2.81. The standard InChI is InChI=1S/C22H34N4O5S/c1-31-20-10-9-18(32(29,30)26-12-5-2-3-6-13-26)15-19(20)24-22(28)16-25-11-7-4-8-17(25)14-21(23)27/h9-10,15,17H,2-8,11-14,16H2,1H3,(H2,23,27)(H,24,28). The maximum Gasteiger partial charge on any atom is 0.243 e. The monoisotopic (exact) mass is 466 g/mol. The van der Waals surface area contributed by atoms with Gasteiger partial charge in [0.1, 0.15) is 5.75 Å². The van der Waals surface area contributed by atoms with Crippen LogP contribution in [0, 0.1) is 0 Å². The zero-order valence-corrected chi connectivity index (χ0v) is 19.5. The van der Waals surface area contributed by atoms with Crippen molar-refractivity contribution in [1.82, 2.24) is 9.21 Å². The number of likely N-dealkylation sites (tertiary alicyclic amines) is 1. The number of nitrogens with one attached hydrogen (secondary N) is 1. The molecule has 3 rings (SSSR count). The first-order chi connectivity index (χ1) is 15.3. The summed E-state index contributed by atoms with van der Waals surface area (Å²) in [6.07, 6.45) is 6.76. The maximum absolute atomic E-state index is 13.2. The number of ether oxygens (including phenoxy) is 1. The average molecular weight is 467 g/mol. The number of primary amides is 1. The van der Waals surface area contributed by atoms with E-state index in [0.717, 1.165) is 44.9 Å². The molecule has 0 saturated carbocycles. The van der Waals surface area contributed by atoms with Crippen molar-refractivity contribution >= 4 is 27.5 Å². The predicted molar refractivity (Wildman–Crippen MR) is 122 cm³/mol. The Kier molecular flexibility index (Phi) is 8.50. The first kappa shape index (κ1) is 24.5. The van der Waals surface area contributed by atoms with Gasteiger partial charge in [-0.15, -0.1) is 0 Å². The molecule has 1 atom stereocenters. The van der Waals surface area contributed by atoms with Gasteiger partial charge < -0.3 is 15.8 Å². The molecule has 0 aromatic heterocycles. The Bertz CT molecular complexity index is 913. The molecule has 10 heteroatoms. The number of rotatable bonds is 8. The van der Waals surface area contributed by atoms with Crippen molar-refractivity contribution in [2.24, 2.45) is 5.73 Å². The Labute approximate surface area is 190 Å². The van der Waals surface area contributed by atoms with Gasteiger partial charge in [0.15, 0.2) is 0 Å². The SMILES string of the molecule is COc1ccc(S(=O)(=O)N2CCCCCC2)cc1NC(=O)CN1CCCCC1CC(N)=O. The molecule has 1 aromatic carbocycles. The van der Waals surface area contributed by atoms with Gasteiger partial charge in [-0.3, -0.25) is 14.5 Å². The van der Waals surface area contributed by atoms with Gasteiger partial charge in [-0.2, -0.15) is 4.31 Å². The topological polar surface area (TPSA) is 122 Å². The zero-order valence-electron chi connectivity index (χ0n) is 18.7. The van der Waals surface area contributed by atoms with Crippen LogP contribution in [0.25, 0.3) is 0 Å². The number of sulfonamides is 1. The molecular formula is C22H34N4O5S. The number of carbonyl (C=O) groups is 2. The quantitative estimate of drug-likeness (QED) is 0.604. The van der Waals surface area contributed by atoms with Crippen LogP contribution in [-0.2, 0) is 19.6 Å². The second kappa shape index (κ2) is 11.1. The van der Waals surface area contributed by atoms with E-state index in [1.807, 2.05) is 4.90 Å². The van der Waals surface area contributed by atoms with Crippen LogP contribution in [0.1, 0.15) is 51.4 Å². The van der Waals surface area contributed by atoms with Crippen molar-refractivity contribution in [3.05, 3.63) is 18.2 Å². The van der Waals surface area contributed by atoms with Crippen LogP contribution in [0.4, 0.5) is 5.69 Å². The molecule has 0 radical (unpaired) electrons. The Morgan fingerprint density at radius 2 is 1.78 bits per heavy atom. The molecule has 2 saturated heterocycles. The average Bonchev–Trinajstić information content (AvgIpc) is 3.05. The fourth-order valence-corrected chi connectivity index (χ4v) is 6.03. The van der Waals surface area contributed by atoms with Crippen LogP contribution < -0.4 is 15.8 Å². The van der Waals surface area contributed by atoms with Gasteiger partial charge in [0.05, 0.1) is 24.2 Å². The van der Waals surface area contributed by atoms with Gasteiger partial charge in [-0.25, -0.2) is 8.42 Å². The van der Waals surface area contributed by atoms with E-state index in [1.165, 1.54) is 23.5 Å². The molecule has 0 bridgehead atoms. The van der Waals surface area contributed by atoms with E-state index in [4.69, 9.17) is 10.5 Å². The second-order valence-corrected chi connectivity index (χ2v) is 10.5. The van der Waals surface area contributed by atoms with Crippen LogP contribution in [0.15, 0.2) is 23.1 Å². The number of piperidine rings is 1. The van der Waals surface area contributed by atoms with Crippen LogP contribution in [0.5, 0.6) is 5.75 Å². The summed E-state index contributed by atoms with van der Waals surface area (Å²) in [6.45, 7) is 1.83. The van der Waals surface area contributed by atoms with Gasteiger partial charge in [0.2, 0.25) is 21.8 Å². The summed E-state index contributed by atoms with van der Waals surface area (Å²) in [4.78, 5) is 26.3. The molecular weight excluding hydrogens is 432 g/mol. The van der Waals surface area contributed by atoms with E-state index in [2.05, 4.69) is 5.32 Å². The number of carbonyl (C=O) groups excluding carboxylic acids is 2. The predicted octanol–water partition coefficient (Wildman–Crippen LogP) is 1.93. The molecule has 3 N–H and O–H groups in total. The summed E-state index contributed by atoms with van der Waals surface area (Å²) < 4.78 is 33.2. The number of nitrogens with two attached hydrogens (primary N) is 1. The van der Waals surface area contributed by atoms with Crippen molar-refractivity contribution in [3.8, 4) is 5.75 Å². The van der Waals surface area contributed by atoms with E-state index in [-0.39, 0.29) is 35.7 Å². The van der Waals surface area contributed by atoms with Crippen LogP contribution in [0.3, 0.4) is 0 Å². The molecule has 2 amide bonds. The lowest BCUT2D eigenvalue weighted by Crippen LogP contribution is -2.45. The Balaban J connectivity index is 1.75. The number of methoxy groups -OCH3 is 1. The number of benzene rings is 1. The van der Waals surface area contributed by atoms with Crippen LogP contribution in [-0.4, -0.2) is 68.8 Å². The summed E-state index contributed by atoms with van der Waals surface area (Å²) in [6, 6.07) is 4.50. The summed E-state index contributed by atoms with van der Waals surface area (Å²) in [5.74, 6) is -0.278. The van der Waals surface area contributed by atoms with Gasteiger partial charge in [0, 0.05) is 25.6 Å². The molecule has 0 spiro atoms. The molecule has 2 fully saturated rings. The molecule has 0 aliphatic carbocycles. The fraction of sp³-hybridized carbons (Fsp3) is 0.636. The lowest BCUT2D eigenvalue weighted by atomic mass is 9.99. The molecule has 1 aromatic rings. The van der Waals surface area contributed by atoms with Gasteiger partial charge in [-0.1, -0.05) is 19.3 Å². The number of amides is 2. The molecule has 32 heavy (non-hydrogen) atoms. The molecule has 178 valence electrons. The minimum absolute atomic E-state index is 0.0522.